The van der Waals surface area contributed by atoms with Crippen molar-refractivity contribution in [3.8, 4) is 5.69 Å². The smallest absolute Gasteiger partial charge is 0.316 e. The number of rotatable bonds is 3. The number of nitrogens with zero attached hydrogens (tertiary/aromatic N) is 3. The van der Waals surface area contributed by atoms with Crippen LogP contribution in [-0.4, -0.2) is 27.4 Å². The quantitative estimate of drug-likeness (QED) is 0.539. The molecule has 7 nitrogen and oxygen atoms in total. The summed E-state index contributed by atoms with van der Waals surface area (Å²) in [5.41, 5.74) is 4.69. The van der Waals surface area contributed by atoms with E-state index in [9.17, 15) is 14.4 Å². The van der Waals surface area contributed by atoms with Crippen molar-refractivity contribution in [2.75, 3.05) is 4.90 Å². The molecule has 1 aliphatic heterocycles. The Balaban J connectivity index is 1.76. The molecular formula is C23H20N4O3. The van der Waals surface area contributed by atoms with E-state index < -0.39 is 17.8 Å². The predicted molar refractivity (Wildman–Crippen MR) is 113 cm³/mol. The van der Waals surface area contributed by atoms with E-state index in [1.165, 1.54) is 6.08 Å². The van der Waals surface area contributed by atoms with Crippen molar-refractivity contribution in [1.82, 2.24) is 14.9 Å². The molecule has 0 spiro atoms. The van der Waals surface area contributed by atoms with Gasteiger partial charge in [0.05, 0.1) is 17.6 Å². The number of amides is 4. The molecule has 7 heteroatoms. The fraction of sp³-hybridized carbons (Fsp3) is 0.130. The summed E-state index contributed by atoms with van der Waals surface area (Å²) in [4.78, 5) is 43.0. The van der Waals surface area contributed by atoms with Gasteiger partial charge in [-0.25, -0.2) is 9.69 Å². The lowest BCUT2D eigenvalue weighted by Gasteiger charge is -2.26. The predicted octanol–water partition coefficient (Wildman–Crippen LogP) is 3.46. The number of benzene rings is 1. The maximum absolute atomic E-state index is 13.1. The summed E-state index contributed by atoms with van der Waals surface area (Å²) in [6, 6.07) is 11.9. The molecule has 2 aromatic heterocycles. The molecule has 4 rings (SSSR count). The Morgan fingerprint density at radius 1 is 0.967 bits per heavy atom. The number of carbonyl (C=O) groups excluding carboxylic acids is 3. The van der Waals surface area contributed by atoms with Gasteiger partial charge in [-0.1, -0.05) is 17.7 Å². The Bertz CT molecular complexity index is 1190. The highest BCUT2D eigenvalue weighted by molar-refractivity contribution is 6.39. The van der Waals surface area contributed by atoms with E-state index in [2.05, 4.69) is 10.3 Å². The van der Waals surface area contributed by atoms with Crippen LogP contribution in [0.15, 0.2) is 60.4 Å². The molecule has 1 saturated heterocycles. The van der Waals surface area contributed by atoms with Crippen LogP contribution in [0.4, 0.5) is 10.5 Å². The van der Waals surface area contributed by atoms with Crippen molar-refractivity contribution < 1.29 is 14.4 Å². The highest BCUT2D eigenvalue weighted by Crippen LogP contribution is 2.26. The van der Waals surface area contributed by atoms with Gasteiger partial charge in [0.2, 0.25) is 0 Å². The summed E-state index contributed by atoms with van der Waals surface area (Å²) in [6.07, 6.45) is 4.97. The third-order valence-corrected chi connectivity index (χ3v) is 5.07. The Morgan fingerprint density at radius 3 is 2.37 bits per heavy atom. The molecule has 0 unspecified atom stereocenters. The van der Waals surface area contributed by atoms with E-state index in [1.807, 2.05) is 43.5 Å². The summed E-state index contributed by atoms with van der Waals surface area (Å²) < 4.78 is 1.99. The topological polar surface area (TPSA) is 84.3 Å². The molecule has 1 fully saturated rings. The zero-order valence-corrected chi connectivity index (χ0v) is 16.8. The van der Waals surface area contributed by atoms with Gasteiger partial charge >= 0.3 is 6.03 Å². The number of aromatic nitrogens is 2. The Kier molecular flexibility index (Phi) is 4.79. The standard InChI is InChI=1S/C23H20N4O3/c1-14-6-8-18(9-7-14)27-22(29)20(21(28)25-23(27)30)12-17-11-15(2)26(16(17)3)19-5-4-10-24-13-19/h4-13H,1-3H3,(H,25,28,30)/b20-12+. The number of imide groups is 2. The largest absolute Gasteiger partial charge is 0.335 e. The fourth-order valence-corrected chi connectivity index (χ4v) is 3.56. The molecule has 1 N–H and O–H groups in total. The van der Waals surface area contributed by atoms with Crippen molar-refractivity contribution in [3.63, 3.8) is 0 Å². The highest BCUT2D eigenvalue weighted by atomic mass is 16.2. The second kappa shape index (κ2) is 7.44. The molecule has 0 aliphatic carbocycles. The molecule has 0 saturated carbocycles. The number of aryl methyl sites for hydroxylation is 2. The van der Waals surface area contributed by atoms with Crippen LogP contribution in [0.3, 0.4) is 0 Å². The lowest BCUT2D eigenvalue weighted by Crippen LogP contribution is -2.54. The van der Waals surface area contributed by atoms with Crippen molar-refractivity contribution in [1.29, 1.82) is 0 Å². The van der Waals surface area contributed by atoms with Gasteiger partial charge in [-0.2, -0.15) is 0 Å². The van der Waals surface area contributed by atoms with Crippen molar-refractivity contribution >= 4 is 29.6 Å². The van der Waals surface area contributed by atoms with Gasteiger partial charge in [-0.15, -0.1) is 0 Å². The van der Waals surface area contributed by atoms with Crippen LogP contribution in [0.5, 0.6) is 0 Å². The first-order chi connectivity index (χ1) is 14.4. The summed E-state index contributed by atoms with van der Waals surface area (Å²) in [7, 11) is 0. The monoisotopic (exact) mass is 400 g/mol. The molecule has 1 aromatic carbocycles. The molecule has 4 amide bonds. The van der Waals surface area contributed by atoms with E-state index in [0.29, 0.717) is 11.3 Å². The average Bonchev–Trinajstić information content (AvgIpc) is 3.00. The minimum atomic E-state index is -0.758. The van der Waals surface area contributed by atoms with E-state index in [-0.39, 0.29) is 5.57 Å². The molecule has 30 heavy (non-hydrogen) atoms. The SMILES string of the molecule is Cc1ccc(N2C(=O)NC(=O)/C(=C\c3cc(C)n(-c4cccnc4)c3C)C2=O)cc1. The Morgan fingerprint density at radius 2 is 1.70 bits per heavy atom. The normalized spacial score (nSPS) is 15.6. The zero-order chi connectivity index (χ0) is 21.4. The third-order valence-electron chi connectivity index (χ3n) is 5.07. The second-order valence-corrected chi connectivity index (χ2v) is 7.17. The van der Waals surface area contributed by atoms with Crippen LogP contribution >= 0.6 is 0 Å². The molecule has 0 bridgehead atoms. The first-order valence-corrected chi connectivity index (χ1v) is 9.44. The van der Waals surface area contributed by atoms with Gasteiger partial charge in [0.15, 0.2) is 0 Å². The van der Waals surface area contributed by atoms with Gasteiger partial charge in [0.25, 0.3) is 11.8 Å². The number of barbiturate groups is 1. The number of hydrogen-bond acceptors (Lipinski definition) is 4. The first kappa shape index (κ1) is 19.3. The number of anilines is 1. The molecule has 1 aliphatic rings. The van der Waals surface area contributed by atoms with Crippen LogP contribution in [-0.2, 0) is 9.59 Å². The number of pyridine rings is 1. The second-order valence-electron chi connectivity index (χ2n) is 7.17. The van der Waals surface area contributed by atoms with Crippen molar-refractivity contribution in [2.24, 2.45) is 0 Å². The van der Waals surface area contributed by atoms with Crippen LogP contribution in [0.2, 0.25) is 0 Å². The van der Waals surface area contributed by atoms with Gasteiger partial charge in [-0.05, 0) is 62.7 Å². The van der Waals surface area contributed by atoms with E-state index in [4.69, 9.17) is 0 Å². The van der Waals surface area contributed by atoms with E-state index in [0.717, 1.165) is 27.5 Å². The maximum atomic E-state index is 13.1. The molecule has 0 atom stereocenters. The number of nitrogens with one attached hydrogen (secondary N) is 1. The van der Waals surface area contributed by atoms with Gasteiger partial charge < -0.3 is 4.57 Å². The summed E-state index contributed by atoms with van der Waals surface area (Å²) in [5, 5.41) is 2.26. The van der Waals surface area contributed by atoms with Crippen LogP contribution in [0, 0.1) is 20.8 Å². The van der Waals surface area contributed by atoms with E-state index >= 15 is 0 Å². The van der Waals surface area contributed by atoms with Crippen LogP contribution < -0.4 is 10.2 Å². The van der Waals surface area contributed by atoms with Gasteiger partial charge in [0.1, 0.15) is 5.57 Å². The lowest BCUT2D eigenvalue weighted by atomic mass is 10.1. The summed E-state index contributed by atoms with van der Waals surface area (Å²) in [5.74, 6) is -1.36. The third kappa shape index (κ3) is 3.30. The van der Waals surface area contributed by atoms with Crippen molar-refractivity contribution in [3.05, 3.63) is 82.9 Å². The molecule has 3 heterocycles. The van der Waals surface area contributed by atoms with E-state index in [1.54, 1.807) is 36.7 Å². The first-order valence-electron chi connectivity index (χ1n) is 9.44. The minimum absolute atomic E-state index is 0.0957. The van der Waals surface area contributed by atoms with Crippen molar-refractivity contribution in [2.45, 2.75) is 20.8 Å². The molecule has 0 radical (unpaired) electrons. The summed E-state index contributed by atoms with van der Waals surface area (Å²) >= 11 is 0. The Labute approximate surface area is 173 Å². The van der Waals surface area contributed by atoms with Crippen LogP contribution in [0.25, 0.3) is 11.8 Å². The van der Waals surface area contributed by atoms with Gasteiger partial charge in [-0.3, -0.25) is 19.9 Å². The molecule has 150 valence electrons. The highest BCUT2D eigenvalue weighted by Gasteiger charge is 2.37. The van der Waals surface area contributed by atoms with Gasteiger partial charge in [0, 0.05) is 17.6 Å². The summed E-state index contributed by atoms with van der Waals surface area (Å²) in [6.45, 7) is 5.75. The number of urea groups is 1. The lowest BCUT2D eigenvalue weighted by molar-refractivity contribution is -0.122. The fourth-order valence-electron chi connectivity index (χ4n) is 3.56. The zero-order valence-electron chi connectivity index (χ0n) is 16.8. The minimum Gasteiger partial charge on any atom is -0.316 e. The number of hydrogen-bond donors (Lipinski definition) is 1. The average molecular weight is 400 g/mol. The molecular weight excluding hydrogens is 380 g/mol. The number of carbonyl (C=O) groups is 3. The maximum Gasteiger partial charge on any atom is 0.335 e. The van der Waals surface area contributed by atoms with Crippen LogP contribution in [0.1, 0.15) is 22.5 Å². The Hall–Kier alpha value is -4.00. The molecule has 3 aromatic rings.